The van der Waals surface area contributed by atoms with Crippen LogP contribution in [-0.4, -0.2) is 6.54 Å². The van der Waals surface area contributed by atoms with E-state index in [4.69, 9.17) is 4.42 Å². The standard InChI is InChI=1S/C14H23NO/c1-11-5-7-13(8-6-11)10-15-12(2)14-4-3-9-16-14/h3-4,9,11-13,15H,5-8,10H2,1-2H3. The molecule has 1 aliphatic rings. The Morgan fingerprint density at radius 3 is 2.75 bits per heavy atom. The maximum Gasteiger partial charge on any atom is 0.120 e. The molecule has 1 unspecified atom stereocenters. The molecule has 0 aromatic carbocycles. The second kappa shape index (κ2) is 5.53. The molecule has 1 fully saturated rings. The van der Waals surface area contributed by atoms with Crippen molar-refractivity contribution in [1.29, 1.82) is 0 Å². The Bertz CT molecular complexity index is 286. The van der Waals surface area contributed by atoms with Gasteiger partial charge in [-0.05, 0) is 50.3 Å². The maximum absolute atomic E-state index is 5.39. The molecular formula is C14H23NO. The lowest BCUT2D eigenvalue weighted by atomic mass is 9.83. The molecule has 1 atom stereocenters. The molecule has 1 aromatic heterocycles. The van der Waals surface area contributed by atoms with E-state index in [9.17, 15) is 0 Å². The van der Waals surface area contributed by atoms with Crippen LogP contribution in [0.25, 0.3) is 0 Å². The molecule has 2 heteroatoms. The molecule has 0 amide bonds. The van der Waals surface area contributed by atoms with Crippen molar-refractivity contribution in [3.8, 4) is 0 Å². The lowest BCUT2D eigenvalue weighted by Gasteiger charge is -2.27. The summed E-state index contributed by atoms with van der Waals surface area (Å²) in [5.74, 6) is 2.86. The van der Waals surface area contributed by atoms with Crippen LogP contribution in [0.3, 0.4) is 0 Å². The van der Waals surface area contributed by atoms with Gasteiger partial charge < -0.3 is 9.73 Å². The minimum atomic E-state index is 0.342. The van der Waals surface area contributed by atoms with Crippen molar-refractivity contribution < 1.29 is 4.42 Å². The highest BCUT2D eigenvalue weighted by molar-refractivity contribution is 5.02. The normalized spacial score (nSPS) is 27.9. The number of nitrogens with one attached hydrogen (secondary N) is 1. The second-order valence-electron chi connectivity index (χ2n) is 5.27. The van der Waals surface area contributed by atoms with Crippen LogP contribution in [0.5, 0.6) is 0 Å². The van der Waals surface area contributed by atoms with Gasteiger partial charge in [0.15, 0.2) is 0 Å². The average Bonchev–Trinajstić information content (AvgIpc) is 2.81. The van der Waals surface area contributed by atoms with Gasteiger partial charge in [-0.2, -0.15) is 0 Å². The van der Waals surface area contributed by atoms with E-state index in [0.29, 0.717) is 6.04 Å². The highest BCUT2D eigenvalue weighted by Gasteiger charge is 2.19. The quantitative estimate of drug-likeness (QED) is 0.837. The fraction of sp³-hybridized carbons (Fsp3) is 0.714. The minimum absolute atomic E-state index is 0.342. The number of rotatable bonds is 4. The first-order valence-electron chi connectivity index (χ1n) is 6.52. The SMILES string of the molecule is CC1CCC(CNC(C)c2ccco2)CC1. The molecule has 0 radical (unpaired) electrons. The summed E-state index contributed by atoms with van der Waals surface area (Å²) in [5, 5.41) is 3.58. The van der Waals surface area contributed by atoms with Gasteiger partial charge in [0.1, 0.15) is 5.76 Å². The Labute approximate surface area is 98.4 Å². The zero-order chi connectivity index (χ0) is 11.4. The highest BCUT2D eigenvalue weighted by Crippen LogP contribution is 2.28. The number of hydrogen-bond acceptors (Lipinski definition) is 2. The van der Waals surface area contributed by atoms with Crippen LogP contribution < -0.4 is 5.32 Å². The molecule has 0 bridgehead atoms. The van der Waals surface area contributed by atoms with Crippen LogP contribution >= 0.6 is 0 Å². The van der Waals surface area contributed by atoms with Crippen LogP contribution in [0.4, 0.5) is 0 Å². The van der Waals surface area contributed by atoms with Crippen molar-refractivity contribution in [2.24, 2.45) is 11.8 Å². The van der Waals surface area contributed by atoms with Gasteiger partial charge in [-0.15, -0.1) is 0 Å². The van der Waals surface area contributed by atoms with Crippen LogP contribution in [0.1, 0.15) is 51.3 Å². The summed E-state index contributed by atoms with van der Waals surface area (Å²) in [5.41, 5.74) is 0. The average molecular weight is 221 g/mol. The molecule has 90 valence electrons. The first-order valence-corrected chi connectivity index (χ1v) is 6.52. The van der Waals surface area contributed by atoms with Gasteiger partial charge in [-0.1, -0.05) is 19.8 Å². The summed E-state index contributed by atoms with van der Waals surface area (Å²) in [4.78, 5) is 0. The summed E-state index contributed by atoms with van der Waals surface area (Å²) in [6.07, 6.45) is 7.33. The Morgan fingerprint density at radius 2 is 2.12 bits per heavy atom. The van der Waals surface area contributed by atoms with Crippen molar-refractivity contribution in [3.05, 3.63) is 24.2 Å². The predicted molar refractivity (Wildman–Crippen MR) is 66.2 cm³/mol. The molecule has 1 heterocycles. The third kappa shape index (κ3) is 3.11. The first-order chi connectivity index (χ1) is 7.75. The van der Waals surface area contributed by atoms with Crippen molar-refractivity contribution in [2.45, 2.75) is 45.6 Å². The highest BCUT2D eigenvalue weighted by atomic mass is 16.3. The van der Waals surface area contributed by atoms with E-state index in [1.807, 2.05) is 12.1 Å². The molecule has 1 aromatic rings. The summed E-state index contributed by atoms with van der Waals surface area (Å²) in [7, 11) is 0. The maximum atomic E-state index is 5.39. The lowest BCUT2D eigenvalue weighted by Crippen LogP contribution is -2.28. The van der Waals surface area contributed by atoms with E-state index in [1.165, 1.54) is 25.7 Å². The van der Waals surface area contributed by atoms with Gasteiger partial charge in [-0.25, -0.2) is 0 Å². The largest absolute Gasteiger partial charge is 0.468 e. The Kier molecular flexibility index (Phi) is 4.05. The smallest absolute Gasteiger partial charge is 0.120 e. The topological polar surface area (TPSA) is 25.2 Å². The Balaban J connectivity index is 1.71. The van der Waals surface area contributed by atoms with Crippen LogP contribution in [0, 0.1) is 11.8 Å². The molecule has 0 saturated heterocycles. The fourth-order valence-corrected chi connectivity index (χ4v) is 2.51. The third-order valence-corrected chi connectivity index (χ3v) is 3.82. The molecule has 1 aliphatic carbocycles. The molecule has 0 spiro atoms. The van der Waals surface area contributed by atoms with Crippen LogP contribution in [-0.2, 0) is 0 Å². The van der Waals surface area contributed by atoms with E-state index in [0.717, 1.165) is 24.1 Å². The van der Waals surface area contributed by atoms with Crippen molar-refractivity contribution in [1.82, 2.24) is 5.32 Å². The van der Waals surface area contributed by atoms with Gasteiger partial charge in [0.05, 0.1) is 12.3 Å². The number of hydrogen-bond donors (Lipinski definition) is 1. The molecule has 0 aliphatic heterocycles. The monoisotopic (exact) mass is 221 g/mol. The Hall–Kier alpha value is -0.760. The van der Waals surface area contributed by atoms with Gasteiger partial charge in [0.25, 0.3) is 0 Å². The summed E-state index contributed by atoms with van der Waals surface area (Å²) in [6, 6.07) is 4.34. The van der Waals surface area contributed by atoms with Crippen molar-refractivity contribution in [2.75, 3.05) is 6.54 Å². The van der Waals surface area contributed by atoms with Gasteiger partial charge >= 0.3 is 0 Å². The zero-order valence-corrected chi connectivity index (χ0v) is 10.4. The van der Waals surface area contributed by atoms with Crippen molar-refractivity contribution in [3.63, 3.8) is 0 Å². The summed E-state index contributed by atoms with van der Waals surface area (Å²) in [6.45, 7) is 5.67. The van der Waals surface area contributed by atoms with Gasteiger partial charge in [-0.3, -0.25) is 0 Å². The molecule has 1 saturated carbocycles. The number of furan rings is 1. The van der Waals surface area contributed by atoms with E-state index in [2.05, 4.69) is 19.2 Å². The van der Waals surface area contributed by atoms with Gasteiger partial charge in [0, 0.05) is 0 Å². The van der Waals surface area contributed by atoms with Crippen LogP contribution in [0.2, 0.25) is 0 Å². The van der Waals surface area contributed by atoms with Crippen molar-refractivity contribution >= 4 is 0 Å². The molecule has 2 nitrogen and oxygen atoms in total. The molecular weight excluding hydrogens is 198 g/mol. The second-order valence-corrected chi connectivity index (χ2v) is 5.27. The fourth-order valence-electron chi connectivity index (χ4n) is 2.51. The van der Waals surface area contributed by atoms with E-state index in [1.54, 1.807) is 6.26 Å². The minimum Gasteiger partial charge on any atom is -0.468 e. The lowest BCUT2D eigenvalue weighted by molar-refractivity contribution is 0.271. The summed E-state index contributed by atoms with van der Waals surface area (Å²) < 4.78 is 5.39. The first kappa shape index (κ1) is 11.7. The predicted octanol–water partition coefficient (Wildman–Crippen LogP) is 3.76. The third-order valence-electron chi connectivity index (χ3n) is 3.82. The zero-order valence-electron chi connectivity index (χ0n) is 10.4. The molecule has 1 N–H and O–H groups in total. The van der Waals surface area contributed by atoms with E-state index in [-0.39, 0.29) is 0 Å². The molecule has 16 heavy (non-hydrogen) atoms. The van der Waals surface area contributed by atoms with E-state index >= 15 is 0 Å². The summed E-state index contributed by atoms with van der Waals surface area (Å²) >= 11 is 0. The van der Waals surface area contributed by atoms with E-state index < -0.39 is 0 Å². The Morgan fingerprint density at radius 1 is 1.38 bits per heavy atom. The van der Waals surface area contributed by atoms with Crippen LogP contribution in [0.15, 0.2) is 22.8 Å². The van der Waals surface area contributed by atoms with Gasteiger partial charge in [0.2, 0.25) is 0 Å². The molecule has 2 rings (SSSR count).